The van der Waals surface area contributed by atoms with Gasteiger partial charge in [0.2, 0.25) is 0 Å². The van der Waals surface area contributed by atoms with Crippen molar-refractivity contribution >= 4 is 12.0 Å². The van der Waals surface area contributed by atoms with Crippen molar-refractivity contribution in [3.05, 3.63) is 78.4 Å². The van der Waals surface area contributed by atoms with Crippen LogP contribution in [0.1, 0.15) is 12.5 Å². The number of allylic oxidation sites excluding steroid dienone is 2. The average molecular weight is 294 g/mol. The standard InChI is InChI=1S/C19H18O3/c1-2-21-19(20)11-7-6-8-16-12-14-18(15-13-16)22-17-9-4-3-5-10-17/h3-15H,2H2,1H3/b8-6+,11-7+. The van der Waals surface area contributed by atoms with Crippen LogP contribution in [0, 0.1) is 0 Å². The summed E-state index contributed by atoms with van der Waals surface area (Å²) in [6.07, 6.45) is 6.76. The minimum absolute atomic E-state index is 0.334. The summed E-state index contributed by atoms with van der Waals surface area (Å²) in [7, 11) is 0. The molecule has 2 rings (SSSR count). The van der Waals surface area contributed by atoms with E-state index in [9.17, 15) is 4.79 Å². The van der Waals surface area contributed by atoms with Gasteiger partial charge < -0.3 is 9.47 Å². The van der Waals surface area contributed by atoms with E-state index in [1.807, 2.05) is 60.7 Å². The molecule has 3 nitrogen and oxygen atoms in total. The van der Waals surface area contributed by atoms with Gasteiger partial charge in [0.15, 0.2) is 0 Å². The molecule has 0 N–H and O–H groups in total. The van der Waals surface area contributed by atoms with Crippen molar-refractivity contribution in [2.75, 3.05) is 6.61 Å². The van der Waals surface area contributed by atoms with Crippen molar-refractivity contribution in [1.82, 2.24) is 0 Å². The lowest BCUT2D eigenvalue weighted by Gasteiger charge is -2.05. The fourth-order valence-electron chi connectivity index (χ4n) is 1.76. The highest BCUT2D eigenvalue weighted by molar-refractivity contribution is 5.82. The molecule has 0 aromatic heterocycles. The number of para-hydroxylation sites is 1. The Kier molecular flexibility index (Phi) is 6.00. The number of carbonyl (C=O) groups is 1. The third-order valence-electron chi connectivity index (χ3n) is 2.78. The summed E-state index contributed by atoms with van der Waals surface area (Å²) in [5.74, 6) is 1.26. The highest BCUT2D eigenvalue weighted by Gasteiger charge is 1.95. The summed E-state index contributed by atoms with van der Waals surface area (Å²) in [6.45, 7) is 2.16. The first kappa shape index (κ1) is 15.6. The zero-order valence-corrected chi connectivity index (χ0v) is 12.4. The predicted octanol–water partition coefficient (Wildman–Crippen LogP) is 4.61. The largest absolute Gasteiger partial charge is 0.463 e. The van der Waals surface area contributed by atoms with Crippen molar-refractivity contribution < 1.29 is 14.3 Å². The smallest absolute Gasteiger partial charge is 0.330 e. The summed E-state index contributed by atoms with van der Waals surface area (Å²) in [6, 6.07) is 17.3. The average Bonchev–Trinajstić information content (AvgIpc) is 2.54. The third kappa shape index (κ3) is 5.29. The second kappa shape index (κ2) is 8.47. The molecule has 0 bridgehead atoms. The Bertz CT molecular complexity index is 640. The molecule has 0 saturated heterocycles. The van der Waals surface area contributed by atoms with Crippen LogP contribution in [-0.2, 0) is 9.53 Å². The Morgan fingerprint density at radius 3 is 2.32 bits per heavy atom. The van der Waals surface area contributed by atoms with Gasteiger partial charge in [-0.05, 0) is 36.8 Å². The number of benzene rings is 2. The van der Waals surface area contributed by atoms with Crippen LogP contribution in [0.15, 0.2) is 72.8 Å². The van der Waals surface area contributed by atoms with Crippen molar-refractivity contribution in [2.45, 2.75) is 6.92 Å². The maximum Gasteiger partial charge on any atom is 0.330 e. The summed E-state index contributed by atoms with van der Waals surface area (Å²) in [5, 5.41) is 0. The van der Waals surface area contributed by atoms with E-state index in [2.05, 4.69) is 0 Å². The first-order valence-corrected chi connectivity index (χ1v) is 7.12. The zero-order valence-electron chi connectivity index (χ0n) is 12.4. The van der Waals surface area contributed by atoms with Crippen LogP contribution in [-0.4, -0.2) is 12.6 Å². The second-order valence-electron chi connectivity index (χ2n) is 4.45. The Hall–Kier alpha value is -2.81. The molecule has 0 fully saturated rings. The molecule has 2 aromatic carbocycles. The summed E-state index contributed by atoms with van der Waals surface area (Å²) < 4.78 is 10.5. The van der Waals surface area contributed by atoms with Gasteiger partial charge in [-0.2, -0.15) is 0 Å². The van der Waals surface area contributed by atoms with Crippen LogP contribution >= 0.6 is 0 Å². The Morgan fingerprint density at radius 1 is 0.955 bits per heavy atom. The lowest BCUT2D eigenvalue weighted by atomic mass is 10.2. The molecule has 0 saturated carbocycles. The van der Waals surface area contributed by atoms with Crippen molar-refractivity contribution in [3.8, 4) is 11.5 Å². The SMILES string of the molecule is CCOC(=O)/C=C/C=C/c1ccc(Oc2ccccc2)cc1. The molecular weight excluding hydrogens is 276 g/mol. The molecule has 0 heterocycles. The first-order chi connectivity index (χ1) is 10.8. The fraction of sp³-hybridized carbons (Fsp3) is 0.105. The van der Waals surface area contributed by atoms with Gasteiger partial charge in [0, 0.05) is 6.08 Å². The minimum atomic E-state index is -0.334. The molecule has 0 aliphatic heterocycles. The lowest BCUT2D eigenvalue weighted by Crippen LogP contribution is -1.98. The predicted molar refractivity (Wildman–Crippen MR) is 87.8 cm³/mol. The normalized spacial score (nSPS) is 11.0. The van der Waals surface area contributed by atoms with E-state index in [0.29, 0.717) is 6.61 Å². The molecule has 112 valence electrons. The van der Waals surface area contributed by atoms with Crippen molar-refractivity contribution in [2.24, 2.45) is 0 Å². The number of hydrogen-bond donors (Lipinski definition) is 0. The van der Waals surface area contributed by atoms with Gasteiger partial charge in [-0.15, -0.1) is 0 Å². The van der Waals surface area contributed by atoms with Gasteiger partial charge >= 0.3 is 5.97 Å². The topological polar surface area (TPSA) is 35.5 Å². The Morgan fingerprint density at radius 2 is 1.64 bits per heavy atom. The van der Waals surface area contributed by atoms with Crippen LogP contribution in [0.25, 0.3) is 6.08 Å². The monoisotopic (exact) mass is 294 g/mol. The molecule has 3 heteroatoms. The number of rotatable bonds is 6. The molecule has 22 heavy (non-hydrogen) atoms. The molecule has 0 radical (unpaired) electrons. The van der Waals surface area contributed by atoms with Crippen LogP contribution < -0.4 is 4.74 Å². The number of hydrogen-bond acceptors (Lipinski definition) is 3. The van der Waals surface area contributed by atoms with E-state index in [0.717, 1.165) is 17.1 Å². The lowest BCUT2D eigenvalue weighted by molar-refractivity contribution is -0.137. The van der Waals surface area contributed by atoms with E-state index in [-0.39, 0.29) is 5.97 Å². The van der Waals surface area contributed by atoms with E-state index < -0.39 is 0 Å². The van der Waals surface area contributed by atoms with E-state index >= 15 is 0 Å². The molecular formula is C19H18O3. The zero-order chi connectivity index (χ0) is 15.6. The molecule has 0 amide bonds. The molecule has 0 atom stereocenters. The van der Waals surface area contributed by atoms with Crippen LogP contribution in [0.5, 0.6) is 11.5 Å². The molecule has 0 aliphatic rings. The molecule has 0 unspecified atom stereocenters. The number of esters is 1. The third-order valence-corrected chi connectivity index (χ3v) is 2.78. The van der Waals surface area contributed by atoms with Crippen LogP contribution in [0.4, 0.5) is 0 Å². The van der Waals surface area contributed by atoms with Gasteiger partial charge in [-0.1, -0.05) is 48.6 Å². The highest BCUT2D eigenvalue weighted by atomic mass is 16.5. The van der Waals surface area contributed by atoms with Gasteiger partial charge in [0.1, 0.15) is 11.5 Å². The van der Waals surface area contributed by atoms with Crippen LogP contribution in [0.2, 0.25) is 0 Å². The Balaban J connectivity index is 1.90. The van der Waals surface area contributed by atoms with Crippen LogP contribution in [0.3, 0.4) is 0 Å². The summed E-state index contributed by atoms with van der Waals surface area (Å²) in [4.78, 5) is 11.1. The Labute approximate surface area is 130 Å². The molecule has 2 aromatic rings. The molecule has 0 aliphatic carbocycles. The molecule has 0 spiro atoms. The van der Waals surface area contributed by atoms with Gasteiger partial charge in [-0.3, -0.25) is 0 Å². The highest BCUT2D eigenvalue weighted by Crippen LogP contribution is 2.21. The second-order valence-corrected chi connectivity index (χ2v) is 4.45. The number of carbonyl (C=O) groups excluding carboxylic acids is 1. The van der Waals surface area contributed by atoms with E-state index in [1.54, 1.807) is 19.1 Å². The summed E-state index contributed by atoms with van der Waals surface area (Å²) >= 11 is 0. The van der Waals surface area contributed by atoms with Gasteiger partial charge in [0.05, 0.1) is 6.61 Å². The van der Waals surface area contributed by atoms with Gasteiger partial charge in [0.25, 0.3) is 0 Å². The van der Waals surface area contributed by atoms with E-state index in [4.69, 9.17) is 9.47 Å². The summed E-state index contributed by atoms with van der Waals surface area (Å²) in [5.41, 5.74) is 1.02. The van der Waals surface area contributed by atoms with Crippen molar-refractivity contribution in [3.63, 3.8) is 0 Å². The van der Waals surface area contributed by atoms with Gasteiger partial charge in [-0.25, -0.2) is 4.79 Å². The van der Waals surface area contributed by atoms with Crippen molar-refractivity contribution in [1.29, 1.82) is 0 Å². The number of ether oxygens (including phenoxy) is 2. The fourth-order valence-corrected chi connectivity index (χ4v) is 1.76. The van der Waals surface area contributed by atoms with E-state index in [1.165, 1.54) is 6.08 Å². The maximum atomic E-state index is 11.1. The quantitative estimate of drug-likeness (QED) is 0.443. The maximum absolute atomic E-state index is 11.1. The minimum Gasteiger partial charge on any atom is -0.463 e. The first-order valence-electron chi connectivity index (χ1n) is 7.12.